The lowest BCUT2D eigenvalue weighted by Gasteiger charge is -2.14. The van der Waals surface area contributed by atoms with Gasteiger partial charge >= 0.3 is 0 Å². The minimum absolute atomic E-state index is 0.0183. The zero-order valence-electron chi connectivity index (χ0n) is 16.1. The minimum Gasteiger partial charge on any atom is -0.496 e. The van der Waals surface area contributed by atoms with E-state index in [2.05, 4.69) is 37.4 Å². The number of amides is 1. The van der Waals surface area contributed by atoms with Crippen LogP contribution in [0.5, 0.6) is 5.75 Å². The molecule has 3 aromatic rings. The highest BCUT2D eigenvalue weighted by Gasteiger charge is 2.16. The number of aryl methyl sites for hydroxylation is 2. The summed E-state index contributed by atoms with van der Waals surface area (Å²) in [4.78, 5) is 17.3. The summed E-state index contributed by atoms with van der Waals surface area (Å²) in [5.41, 5.74) is 4.28. The number of nitrogens with zero attached hydrogens (tertiary/aromatic N) is 1. The van der Waals surface area contributed by atoms with Crippen LogP contribution in [0.3, 0.4) is 0 Å². The Kier molecular flexibility index (Phi) is 6.01. The van der Waals surface area contributed by atoms with Crippen molar-refractivity contribution in [2.45, 2.75) is 37.6 Å². The summed E-state index contributed by atoms with van der Waals surface area (Å²) in [6, 6.07) is 15.9. The highest BCUT2D eigenvalue weighted by atomic mass is 32.2. The second-order valence-electron chi connectivity index (χ2n) is 6.54. The number of carbonyl (C=O) groups excluding carboxylic acids is 1. The quantitative estimate of drug-likeness (QED) is 0.632. The number of para-hydroxylation sites is 2. The van der Waals surface area contributed by atoms with Crippen molar-refractivity contribution in [3.63, 3.8) is 0 Å². The monoisotopic (exact) mass is 380 g/mol. The largest absolute Gasteiger partial charge is 0.496 e. The van der Waals surface area contributed by atoms with Gasteiger partial charge in [-0.05, 0) is 44.0 Å². The van der Waals surface area contributed by atoms with E-state index in [1.54, 1.807) is 7.11 Å². The summed E-state index contributed by atoms with van der Waals surface area (Å²) in [6.07, 6.45) is 0. The Balaban J connectivity index is 1.69. The third-order valence-corrected chi connectivity index (χ3v) is 5.56. The Morgan fingerprint density at radius 1 is 1.15 bits per heavy atom. The summed E-state index contributed by atoms with van der Waals surface area (Å²) < 4.78 is 5.33. The molecule has 0 unspecified atom stereocenters. The number of pyridine rings is 1. The van der Waals surface area contributed by atoms with Gasteiger partial charge in [0.2, 0.25) is 5.91 Å². The average Bonchev–Trinajstić information content (AvgIpc) is 2.67. The molecule has 0 radical (unpaired) electrons. The third-order valence-electron chi connectivity index (χ3n) is 4.54. The molecule has 0 aliphatic carbocycles. The van der Waals surface area contributed by atoms with Crippen molar-refractivity contribution in [2.24, 2.45) is 0 Å². The number of hydrogen-bond acceptors (Lipinski definition) is 4. The van der Waals surface area contributed by atoms with E-state index in [1.165, 1.54) is 17.3 Å². The highest BCUT2D eigenvalue weighted by Crippen LogP contribution is 2.28. The number of ether oxygens (including phenoxy) is 1. The van der Waals surface area contributed by atoms with Crippen LogP contribution in [0.2, 0.25) is 0 Å². The van der Waals surface area contributed by atoms with E-state index in [1.807, 2.05) is 37.3 Å². The molecule has 27 heavy (non-hydrogen) atoms. The van der Waals surface area contributed by atoms with Gasteiger partial charge in [-0.3, -0.25) is 4.79 Å². The molecular formula is C22H24N2O2S. The van der Waals surface area contributed by atoms with Gasteiger partial charge in [-0.2, -0.15) is 0 Å². The van der Waals surface area contributed by atoms with Crippen LogP contribution in [-0.2, 0) is 11.3 Å². The molecule has 0 fully saturated rings. The second-order valence-corrected chi connectivity index (χ2v) is 7.90. The zero-order chi connectivity index (χ0) is 19.4. The maximum absolute atomic E-state index is 12.5. The maximum Gasteiger partial charge on any atom is 0.233 e. The minimum atomic E-state index is -0.243. The van der Waals surface area contributed by atoms with Crippen molar-refractivity contribution in [2.75, 3.05) is 7.11 Å². The van der Waals surface area contributed by atoms with Gasteiger partial charge in [0.25, 0.3) is 0 Å². The van der Waals surface area contributed by atoms with Crippen molar-refractivity contribution in [3.05, 3.63) is 65.2 Å². The molecule has 0 bridgehead atoms. The van der Waals surface area contributed by atoms with Crippen molar-refractivity contribution in [3.8, 4) is 5.75 Å². The molecule has 1 amide bonds. The lowest BCUT2D eigenvalue weighted by molar-refractivity contribution is -0.120. The molecular weight excluding hydrogens is 356 g/mol. The van der Waals surface area contributed by atoms with E-state index >= 15 is 0 Å². The van der Waals surface area contributed by atoms with Crippen LogP contribution < -0.4 is 10.1 Å². The van der Waals surface area contributed by atoms with Gasteiger partial charge in [0, 0.05) is 17.5 Å². The first-order valence-corrected chi connectivity index (χ1v) is 9.81. The van der Waals surface area contributed by atoms with E-state index in [4.69, 9.17) is 9.72 Å². The molecule has 1 N–H and O–H groups in total. The SMILES string of the molecule is COc1ccccc1CNC(=O)[C@H](C)Sc1cc(C)c2cccc(C)c2n1. The second kappa shape index (κ2) is 8.44. The van der Waals surface area contributed by atoms with Gasteiger partial charge in [-0.25, -0.2) is 4.98 Å². The van der Waals surface area contributed by atoms with Crippen LogP contribution in [-0.4, -0.2) is 23.3 Å². The summed E-state index contributed by atoms with van der Waals surface area (Å²) >= 11 is 1.48. The van der Waals surface area contributed by atoms with Crippen LogP contribution >= 0.6 is 11.8 Å². The van der Waals surface area contributed by atoms with Crippen molar-refractivity contribution >= 4 is 28.6 Å². The molecule has 4 nitrogen and oxygen atoms in total. The first-order chi connectivity index (χ1) is 13.0. The van der Waals surface area contributed by atoms with Gasteiger partial charge in [0.1, 0.15) is 5.75 Å². The molecule has 0 saturated carbocycles. The first-order valence-electron chi connectivity index (χ1n) is 8.93. The molecule has 0 spiro atoms. The molecule has 0 aliphatic heterocycles. The Morgan fingerprint density at radius 3 is 2.70 bits per heavy atom. The van der Waals surface area contributed by atoms with E-state index in [-0.39, 0.29) is 11.2 Å². The number of hydrogen-bond donors (Lipinski definition) is 1. The lowest BCUT2D eigenvalue weighted by atomic mass is 10.1. The Bertz CT molecular complexity index is 972. The summed E-state index contributed by atoms with van der Waals surface area (Å²) in [7, 11) is 1.63. The molecule has 1 heterocycles. The Labute approximate surface area is 164 Å². The number of thioether (sulfide) groups is 1. The summed E-state index contributed by atoms with van der Waals surface area (Å²) in [5, 5.41) is 4.78. The number of methoxy groups -OCH3 is 1. The topological polar surface area (TPSA) is 51.2 Å². The fourth-order valence-electron chi connectivity index (χ4n) is 3.00. The number of benzene rings is 2. The zero-order valence-corrected chi connectivity index (χ0v) is 16.9. The van der Waals surface area contributed by atoms with Crippen LogP contribution in [0.25, 0.3) is 10.9 Å². The molecule has 2 aromatic carbocycles. The number of rotatable bonds is 6. The smallest absolute Gasteiger partial charge is 0.233 e. The average molecular weight is 381 g/mol. The highest BCUT2D eigenvalue weighted by molar-refractivity contribution is 8.00. The van der Waals surface area contributed by atoms with Gasteiger partial charge < -0.3 is 10.1 Å². The predicted molar refractivity (Wildman–Crippen MR) is 111 cm³/mol. The number of aromatic nitrogens is 1. The van der Waals surface area contributed by atoms with Crippen molar-refractivity contribution < 1.29 is 9.53 Å². The van der Waals surface area contributed by atoms with Gasteiger partial charge in [-0.15, -0.1) is 0 Å². The van der Waals surface area contributed by atoms with Crippen LogP contribution in [0, 0.1) is 13.8 Å². The molecule has 1 atom stereocenters. The van der Waals surface area contributed by atoms with E-state index in [0.717, 1.165) is 32.8 Å². The van der Waals surface area contributed by atoms with Crippen LogP contribution in [0.15, 0.2) is 53.6 Å². The number of nitrogens with one attached hydrogen (secondary N) is 1. The van der Waals surface area contributed by atoms with Gasteiger partial charge in [0.15, 0.2) is 0 Å². The van der Waals surface area contributed by atoms with Crippen molar-refractivity contribution in [1.29, 1.82) is 0 Å². The third kappa shape index (κ3) is 4.42. The predicted octanol–water partition coefficient (Wildman–Crippen LogP) is 4.66. The van der Waals surface area contributed by atoms with Crippen LogP contribution in [0.4, 0.5) is 0 Å². The summed E-state index contributed by atoms with van der Waals surface area (Å²) in [5.74, 6) is 0.760. The van der Waals surface area contributed by atoms with Crippen molar-refractivity contribution in [1.82, 2.24) is 10.3 Å². The summed E-state index contributed by atoms with van der Waals surface area (Å²) in [6.45, 7) is 6.49. The van der Waals surface area contributed by atoms with E-state index < -0.39 is 0 Å². The lowest BCUT2D eigenvalue weighted by Crippen LogP contribution is -2.30. The fourth-order valence-corrected chi connectivity index (χ4v) is 3.94. The first kappa shape index (κ1) is 19.2. The Hall–Kier alpha value is -2.53. The van der Waals surface area contributed by atoms with E-state index in [9.17, 15) is 4.79 Å². The van der Waals surface area contributed by atoms with E-state index in [0.29, 0.717) is 6.54 Å². The molecule has 5 heteroatoms. The van der Waals surface area contributed by atoms with Gasteiger partial charge in [0.05, 0.1) is 22.9 Å². The maximum atomic E-state index is 12.5. The molecule has 1 aromatic heterocycles. The fraction of sp³-hybridized carbons (Fsp3) is 0.273. The molecule has 140 valence electrons. The van der Waals surface area contributed by atoms with Crippen LogP contribution in [0.1, 0.15) is 23.6 Å². The Morgan fingerprint density at radius 2 is 1.93 bits per heavy atom. The standard InChI is InChI=1S/C22H24N2O2S/c1-14-8-7-10-18-15(2)12-20(24-21(14)18)27-16(3)22(25)23-13-17-9-5-6-11-19(17)26-4/h5-12,16H,13H2,1-4H3,(H,23,25)/t16-/m0/s1. The molecule has 0 saturated heterocycles. The number of fused-ring (bicyclic) bond motifs is 1. The molecule has 3 rings (SSSR count). The molecule has 0 aliphatic rings. The number of carbonyl (C=O) groups is 1. The van der Waals surface area contributed by atoms with Gasteiger partial charge in [-0.1, -0.05) is 48.2 Å². The normalized spacial score (nSPS) is 12.0.